The summed E-state index contributed by atoms with van der Waals surface area (Å²) >= 11 is 0. The Kier molecular flexibility index (Phi) is 8.18. The first kappa shape index (κ1) is 10.0. The number of hydrogen-bond donors (Lipinski definition) is 0. The van der Waals surface area contributed by atoms with Crippen LogP contribution in [0.25, 0.3) is 0 Å². The molecule has 0 aromatic carbocycles. The van der Waals surface area contributed by atoms with Crippen molar-refractivity contribution in [3.8, 4) is 0 Å². The molecule has 0 spiro atoms. The molecule has 0 aromatic rings. The van der Waals surface area contributed by atoms with Crippen molar-refractivity contribution in [1.29, 1.82) is 0 Å². The Hall–Kier alpha value is -1.00. The Balaban J connectivity index is 3.21. The van der Waals surface area contributed by atoms with E-state index in [0.29, 0.717) is 0 Å². The van der Waals surface area contributed by atoms with Crippen molar-refractivity contribution < 1.29 is 0 Å². The predicted molar refractivity (Wildman–Crippen MR) is 51.5 cm³/mol. The van der Waals surface area contributed by atoms with Crippen LogP contribution in [0.3, 0.4) is 0 Å². The van der Waals surface area contributed by atoms with E-state index in [4.69, 9.17) is 0 Å². The van der Waals surface area contributed by atoms with Crippen LogP contribution in [0.15, 0.2) is 42.7 Å². The molecule has 0 saturated heterocycles. The molecule has 0 atom stereocenters. The van der Waals surface area contributed by atoms with Gasteiger partial charge in [0.1, 0.15) is 0 Å². The van der Waals surface area contributed by atoms with Gasteiger partial charge in [-0.25, -0.2) is 0 Å². The van der Waals surface area contributed by atoms with E-state index in [1.165, 1.54) is 6.42 Å². The van der Waals surface area contributed by atoms with Crippen LogP contribution in [-0.4, -0.2) is 0 Å². The van der Waals surface area contributed by atoms with E-state index in [2.05, 4.69) is 24.5 Å². The average Bonchev–Trinajstić information content (AvgIpc) is 2.03. The summed E-state index contributed by atoms with van der Waals surface area (Å²) in [6.45, 7) is 5.58. The number of hydrogen-bond acceptors (Lipinski definition) is 0. The lowest BCUT2D eigenvalue weighted by Gasteiger charge is -1.86. The molecule has 0 aliphatic heterocycles. The van der Waals surface area contributed by atoms with Crippen LogP contribution in [0, 0.1) is 0 Å². The zero-order valence-corrected chi connectivity index (χ0v) is 7.22. The van der Waals surface area contributed by atoms with Gasteiger partial charge in [-0.05, 0) is 38.3 Å². The Morgan fingerprint density at radius 3 is 2.82 bits per heavy atom. The maximum absolute atomic E-state index is 3.60. The van der Waals surface area contributed by atoms with E-state index in [1.54, 1.807) is 0 Å². The minimum atomic E-state index is 1.12. The molecule has 60 valence electrons. The largest absolute Gasteiger partial charge is 0.130 e. The van der Waals surface area contributed by atoms with Gasteiger partial charge in [0.05, 0.1) is 0 Å². The molecule has 0 radical (unpaired) electrons. The normalized spacial score (nSPS) is 9.18. The Bertz CT molecular complexity index is 166. The zero-order valence-electron chi connectivity index (χ0n) is 7.22. The number of allylic oxidation sites excluding steroid dienone is 4. The quantitative estimate of drug-likeness (QED) is 0.317. The lowest BCUT2D eigenvalue weighted by Crippen LogP contribution is -1.66. The molecule has 0 heteroatoms. The minimum Gasteiger partial charge on any atom is -0.130 e. The molecule has 0 aliphatic rings. The van der Waals surface area contributed by atoms with Crippen LogP contribution in [-0.2, 0) is 0 Å². The summed E-state index contributed by atoms with van der Waals surface area (Å²) in [5.74, 6) is 0. The summed E-state index contributed by atoms with van der Waals surface area (Å²) in [5.41, 5.74) is 3.04. The highest BCUT2D eigenvalue weighted by molar-refractivity contribution is 4.97. The first-order valence-electron chi connectivity index (χ1n) is 4.05. The third-order valence-electron chi connectivity index (χ3n) is 1.28. The van der Waals surface area contributed by atoms with Crippen molar-refractivity contribution in [2.24, 2.45) is 0 Å². The van der Waals surface area contributed by atoms with Gasteiger partial charge in [0, 0.05) is 0 Å². The summed E-state index contributed by atoms with van der Waals surface area (Å²) in [6.07, 6.45) is 13.4. The van der Waals surface area contributed by atoms with E-state index in [0.717, 1.165) is 12.8 Å². The summed E-state index contributed by atoms with van der Waals surface area (Å²) in [4.78, 5) is 0. The molecule has 11 heavy (non-hydrogen) atoms. The topological polar surface area (TPSA) is 0 Å². The second kappa shape index (κ2) is 9.00. The summed E-state index contributed by atoms with van der Waals surface area (Å²) in [7, 11) is 0. The maximum Gasteiger partial charge on any atom is -0.0272 e. The molecular weight excluding hydrogens is 132 g/mol. The van der Waals surface area contributed by atoms with Crippen LogP contribution < -0.4 is 0 Å². The molecule has 0 N–H and O–H groups in total. The highest BCUT2D eigenvalue weighted by atomic mass is 13.8. The lowest BCUT2D eigenvalue weighted by atomic mass is 10.2. The van der Waals surface area contributed by atoms with Gasteiger partial charge < -0.3 is 0 Å². The van der Waals surface area contributed by atoms with Crippen molar-refractivity contribution in [2.75, 3.05) is 0 Å². The third kappa shape index (κ3) is 9.00. The summed E-state index contributed by atoms with van der Waals surface area (Å²) in [6, 6.07) is 0. The van der Waals surface area contributed by atoms with Crippen LogP contribution in [0.1, 0.15) is 26.2 Å². The summed E-state index contributed by atoms with van der Waals surface area (Å²) in [5, 5.41) is 0. The fourth-order valence-corrected chi connectivity index (χ4v) is 0.731. The smallest absolute Gasteiger partial charge is 0.0272 e. The Labute approximate surface area is 69.6 Å². The molecule has 0 heterocycles. The summed E-state index contributed by atoms with van der Waals surface area (Å²) < 4.78 is 0. The van der Waals surface area contributed by atoms with Crippen molar-refractivity contribution in [3.63, 3.8) is 0 Å². The molecule has 0 nitrogen and oxygen atoms in total. The van der Waals surface area contributed by atoms with Gasteiger partial charge in [-0.2, -0.15) is 0 Å². The standard InChI is InChI=1S/C11H16/c1-3-5-7-9-11-10-8-6-4-2/h3-5,7-8H,1,9-11H2,2H3/b7-5+. The van der Waals surface area contributed by atoms with Gasteiger partial charge in [0.2, 0.25) is 0 Å². The fourth-order valence-electron chi connectivity index (χ4n) is 0.731. The number of rotatable bonds is 5. The molecule has 0 unspecified atom stereocenters. The molecule has 0 fully saturated rings. The van der Waals surface area contributed by atoms with Crippen LogP contribution in [0.5, 0.6) is 0 Å². The number of unbranched alkanes of at least 4 members (excludes halogenated alkanes) is 2. The van der Waals surface area contributed by atoms with Gasteiger partial charge in [-0.1, -0.05) is 24.8 Å². The highest BCUT2D eigenvalue weighted by Gasteiger charge is 1.77. The van der Waals surface area contributed by atoms with Gasteiger partial charge in [-0.3, -0.25) is 0 Å². The molecule has 0 amide bonds. The zero-order chi connectivity index (χ0) is 8.36. The van der Waals surface area contributed by atoms with Crippen molar-refractivity contribution in [1.82, 2.24) is 0 Å². The SMILES string of the molecule is C=C/C=C/CCCC=C=CC. The van der Waals surface area contributed by atoms with Crippen molar-refractivity contribution in [3.05, 3.63) is 42.7 Å². The monoisotopic (exact) mass is 148 g/mol. The molecule has 0 aromatic heterocycles. The molecule has 0 bridgehead atoms. The molecular formula is C11H16. The van der Waals surface area contributed by atoms with E-state index >= 15 is 0 Å². The van der Waals surface area contributed by atoms with E-state index < -0.39 is 0 Å². The van der Waals surface area contributed by atoms with Gasteiger partial charge in [0.25, 0.3) is 0 Å². The van der Waals surface area contributed by atoms with Crippen LogP contribution in [0.2, 0.25) is 0 Å². The van der Waals surface area contributed by atoms with Crippen molar-refractivity contribution in [2.45, 2.75) is 26.2 Å². The second-order valence-corrected chi connectivity index (χ2v) is 2.25. The Morgan fingerprint density at radius 1 is 1.36 bits per heavy atom. The van der Waals surface area contributed by atoms with Crippen LogP contribution >= 0.6 is 0 Å². The van der Waals surface area contributed by atoms with Crippen molar-refractivity contribution >= 4 is 0 Å². The van der Waals surface area contributed by atoms with E-state index in [-0.39, 0.29) is 0 Å². The third-order valence-corrected chi connectivity index (χ3v) is 1.28. The van der Waals surface area contributed by atoms with E-state index in [9.17, 15) is 0 Å². The fraction of sp³-hybridized carbons (Fsp3) is 0.364. The predicted octanol–water partition coefficient (Wildman–Crippen LogP) is 3.63. The lowest BCUT2D eigenvalue weighted by molar-refractivity contribution is 0.869. The van der Waals surface area contributed by atoms with E-state index in [1.807, 2.05) is 25.2 Å². The maximum atomic E-state index is 3.60. The average molecular weight is 148 g/mol. The highest BCUT2D eigenvalue weighted by Crippen LogP contribution is 1.96. The van der Waals surface area contributed by atoms with Gasteiger partial charge in [0.15, 0.2) is 0 Å². The minimum absolute atomic E-state index is 1.12. The van der Waals surface area contributed by atoms with Gasteiger partial charge >= 0.3 is 0 Å². The Morgan fingerprint density at radius 2 is 2.18 bits per heavy atom. The van der Waals surface area contributed by atoms with Gasteiger partial charge in [-0.15, -0.1) is 5.73 Å². The molecule has 0 aliphatic carbocycles. The second-order valence-electron chi connectivity index (χ2n) is 2.25. The first-order chi connectivity index (χ1) is 5.41. The first-order valence-corrected chi connectivity index (χ1v) is 4.05. The molecule has 0 rings (SSSR count). The molecule has 0 saturated carbocycles. The van der Waals surface area contributed by atoms with Crippen LogP contribution in [0.4, 0.5) is 0 Å².